The highest BCUT2D eigenvalue weighted by atomic mass is 79.9. The van der Waals surface area contributed by atoms with E-state index in [2.05, 4.69) is 15.9 Å². The van der Waals surface area contributed by atoms with Crippen LogP contribution in [-0.4, -0.2) is 25.0 Å². The van der Waals surface area contributed by atoms with Crippen LogP contribution in [0.2, 0.25) is 0 Å². The van der Waals surface area contributed by atoms with E-state index in [1.54, 1.807) is 19.1 Å². The van der Waals surface area contributed by atoms with Crippen molar-refractivity contribution in [3.05, 3.63) is 50.6 Å². The summed E-state index contributed by atoms with van der Waals surface area (Å²) < 4.78 is 6.19. The van der Waals surface area contributed by atoms with E-state index in [0.717, 1.165) is 10.0 Å². The molecular formula is C14H14BrNO2S. The number of methoxy groups -OCH3 is 1. The summed E-state index contributed by atoms with van der Waals surface area (Å²) in [7, 11) is 3.37. The molecule has 0 fully saturated rings. The summed E-state index contributed by atoms with van der Waals surface area (Å²) in [6.07, 6.45) is 0. The third kappa shape index (κ3) is 3.36. The van der Waals surface area contributed by atoms with Gasteiger partial charge < -0.3 is 9.64 Å². The van der Waals surface area contributed by atoms with Crippen LogP contribution in [0.1, 0.15) is 15.2 Å². The van der Waals surface area contributed by atoms with Gasteiger partial charge in [0.25, 0.3) is 5.91 Å². The smallest absolute Gasteiger partial charge is 0.267 e. The van der Waals surface area contributed by atoms with Gasteiger partial charge in [0.05, 0.1) is 7.11 Å². The molecule has 0 aliphatic heterocycles. The topological polar surface area (TPSA) is 29.5 Å². The lowest BCUT2D eigenvalue weighted by Gasteiger charge is -2.17. The lowest BCUT2D eigenvalue weighted by molar-refractivity contribution is 0.0787. The molecule has 1 aromatic heterocycles. The maximum Gasteiger partial charge on any atom is 0.267 e. The van der Waals surface area contributed by atoms with Crippen LogP contribution in [-0.2, 0) is 6.54 Å². The number of rotatable bonds is 4. The Labute approximate surface area is 124 Å². The Balaban J connectivity index is 2.12. The number of hydrogen-bond donors (Lipinski definition) is 0. The standard InChI is InChI=1S/C14H14BrNO2S/c1-16(9-10-4-3-5-11(15)8-10)14(17)13-12(18-2)6-7-19-13/h3-8H,9H2,1-2H3. The molecule has 0 aliphatic carbocycles. The van der Waals surface area contributed by atoms with Crippen LogP contribution in [0.15, 0.2) is 40.2 Å². The fourth-order valence-electron chi connectivity index (χ4n) is 1.77. The molecule has 2 rings (SSSR count). The molecule has 2 aromatic rings. The molecule has 100 valence electrons. The van der Waals surface area contributed by atoms with Crippen LogP contribution in [0.3, 0.4) is 0 Å². The summed E-state index contributed by atoms with van der Waals surface area (Å²) in [6, 6.07) is 9.75. The molecule has 19 heavy (non-hydrogen) atoms. The Kier molecular flexibility index (Phi) is 4.61. The van der Waals surface area contributed by atoms with Gasteiger partial charge in [0.1, 0.15) is 10.6 Å². The zero-order valence-corrected chi connectivity index (χ0v) is 13.1. The number of carbonyl (C=O) groups excluding carboxylic acids is 1. The molecule has 0 aliphatic rings. The fourth-order valence-corrected chi connectivity index (χ4v) is 3.07. The van der Waals surface area contributed by atoms with Crippen molar-refractivity contribution >= 4 is 33.2 Å². The molecule has 3 nitrogen and oxygen atoms in total. The molecule has 0 bridgehead atoms. The second kappa shape index (κ2) is 6.21. The van der Waals surface area contributed by atoms with E-state index in [1.807, 2.05) is 35.7 Å². The summed E-state index contributed by atoms with van der Waals surface area (Å²) in [6.45, 7) is 0.569. The van der Waals surface area contributed by atoms with E-state index in [4.69, 9.17) is 4.74 Å². The van der Waals surface area contributed by atoms with Gasteiger partial charge in [-0.2, -0.15) is 0 Å². The molecule has 0 atom stereocenters. The zero-order chi connectivity index (χ0) is 13.8. The van der Waals surface area contributed by atoms with Crippen molar-refractivity contribution in [3.63, 3.8) is 0 Å². The number of nitrogens with zero attached hydrogens (tertiary/aromatic N) is 1. The number of thiophene rings is 1. The maximum absolute atomic E-state index is 12.3. The average molecular weight is 340 g/mol. The van der Waals surface area contributed by atoms with E-state index < -0.39 is 0 Å². The highest BCUT2D eigenvalue weighted by Gasteiger charge is 2.18. The van der Waals surface area contributed by atoms with Gasteiger partial charge in [-0.25, -0.2) is 0 Å². The molecule has 1 amide bonds. The van der Waals surface area contributed by atoms with Crippen molar-refractivity contribution in [3.8, 4) is 5.75 Å². The first-order valence-corrected chi connectivity index (χ1v) is 7.40. The molecule has 0 radical (unpaired) electrons. The van der Waals surface area contributed by atoms with Crippen molar-refractivity contribution < 1.29 is 9.53 Å². The van der Waals surface area contributed by atoms with Gasteiger partial charge in [-0.3, -0.25) is 4.79 Å². The van der Waals surface area contributed by atoms with Gasteiger partial charge in [0.15, 0.2) is 0 Å². The van der Waals surface area contributed by atoms with Crippen LogP contribution in [0.25, 0.3) is 0 Å². The highest BCUT2D eigenvalue weighted by molar-refractivity contribution is 9.10. The SMILES string of the molecule is COc1ccsc1C(=O)N(C)Cc1cccc(Br)c1. The summed E-state index contributed by atoms with van der Waals surface area (Å²) in [5, 5.41) is 1.86. The average Bonchev–Trinajstić information content (AvgIpc) is 2.86. The van der Waals surface area contributed by atoms with Crippen LogP contribution in [0.5, 0.6) is 5.75 Å². The first-order valence-electron chi connectivity index (χ1n) is 5.73. The summed E-state index contributed by atoms with van der Waals surface area (Å²) in [5.74, 6) is 0.614. The number of amides is 1. The van der Waals surface area contributed by atoms with Crippen molar-refractivity contribution in [2.24, 2.45) is 0 Å². The minimum atomic E-state index is -0.0215. The van der Waals surface area contributed by atoms with Crippen molar-refractivity contribution in [2.45, 2.75) is 6.54 Å². The van der Waals surface area contributed by atoms with E-state index in [-0.39, 0.29) is 5.91 Å². The lowest BCUT2D eigenvalue weighted by atomic mass is 10.2. The number of benzene rings is 1. The first-order chi connectivity index (χ1) is 9.11. The van der Waals surface area contributed by atoms with Crippen LogP contribution in [0.4, 0.5) is 0 Å². The maximum atomic E-state index is 12.3. The minimum absolute atomic E-state index is 0.0215. The van der Waals surface area contributed by atoms with E-state index >= 15 is 0 Å². The minimum Gasteiger partial charge on any atom is -0.495 e. The summed E-state index contributed by atoms with van der Waals surface area (Å²) in [5.41, 5.74) is 1.08. The fraction of sp³-hybridized carbons (Fsp3) is 0.214. The number of halogens is 1. The molecule has 0 spiro atoms. The first kappa shape index (κ1) is 14.1. The van der Waals surface area contributed by atoms with Crippen molar-refractivity contribution in [1.82, 2.24) is 4.90 Å². The largest absolute Gasteiger partial charge is 0.495 e. The normalized spacial score (nSPS) is 10.3. The quantitative estimate of drug-likeness (QED) is 0.847. The highest BCUT2D eigenvalue weighted by Crippen LogP contribution is 2.26. The molecule has 0 N–H and O–H groups in total. The second-order valence-corrected chi connectivity index (χ2v) is 5.94. The van der Waals surface area contributed by atoms with Gasteiger partial charge in [-0.05, 0) is 29.1 Å². The summed E-state index contributed by atoms with van der Waals surface area (Å²) in [4.78, 5) is 14.6. The van der Waals surface area contributed by atoms with Gasteiger partial charge in [-0.1, -0.05) is 28.1 Å². The Morgan fingerprint density at radius 2 is 2.21 bits per heavy atom. The molecule has 0 unspecified atom stereocenters. The molecular weight excluding hydrogens is 326 g/mol. The van der Waals surface area contributed by atoms with Gasteiger partial charge in [-0.15, -0.1) is 11.3 Å². The Bertz CT molecular complexity index is 582. The van der Waals surface area contributed by atoms with Crippen LogP contribution < -0.4 is 4.74 Å². The molecule has 0 saturated heterocycles. The predicted molar refractivity (Wildman–Crippen MR) is 80.8 cm³/mol. The van der Waals surface area contributed by atoms with Crippen molar-refractivity contribution in [1.29, 1.82) is 0 Å². The molecule has 5 heteroatoms. The van der Waals surface area contributed by atoms with Crippen LogP contribution >= 0.6 is 27.3 Å². The molecule has 1 heterocycles. The molecule has 0 saturated carbocycles. The Hall–Kier alpha value is -1.33. The monoisotopic (exact) mass is 339 g/mol. The van der Waals surface area contributed by atoms with E-state index in [9.17, 15) is 4.79 Å². The molecule has 1 aromatic carbocycles. The van der Waals surface area contributed by atoms with Gasteiger partial charge in [0, 0.05) is 18.1 Å². The van der Waals surface area contributed by atoms with Crippen LogP contribution in [0, 0.1) is 0 Å². The third-order valence-electron chi connectivity index (χ3n) is 2.70. The lowest BCUT2D eigenvalue weighted by Crippen LogP contribution is -2.25. The van der Waals surface area contributed by atoms with Crippen molar-refractivity contribution in [2.75, 3.05) is 14.2 Å². The van der Waals surface area contributed by atoms with E-state index in [1.165, 1.54) is 11.3 Å². The number of hydrogen-bond acceptors (Lipinski definition) is 3. The number of ether oxygens (including phenoxy) is 1. The predicted octanol–water partition coefficient (Wildman–Crippen LogP) is 3.79. The Morgan fingerprint density at radius 1 is 1.42 bits per heavy atom. The van der Waals surface area contributed by atoms with Gasteiger partial charge in [0.2, 0.25) is 0 Å². The zero-order valence-electron chi connectivity index (χ0n) is 10.7. The number of carbonyl (C=O) groups is 1. The Morgan fingerprint density at radius 3 is 2.89 bits per heavy atom. The summed E-state index contributed by atoms with van der Waals surface area (Å²) >= 11 is 4.83. The third-order valence-corrected chi connectivity index (χ3v) is 4.08. The second-order valence-electron chi connectivity index (χ2n) is 4.11. The van der Waals surface area contributed by atoms with Gasteiger partial charge >= 0.3 is 0 Å². The van der Waals surface area contributed by atoms with E-state index in [0.29, 0.717) is 17.2 Å².